The highest BCUT2D eigenvalue weighted by molar-refractivity contribution is 14.0. The molecule has 0 aliphatic rings. The van der Waals surface area contributed by atoms with Crippen LogP contribution in [0.3, 0.4) is 0 Å². The molecule has 2 N–H and O–H groups in total. The van der Waals surface area contributed by atoms with Gasteiger partial charge in [-0.25, -0.2) is 4.68 Å². The Hall–Kier alpha value is -2.29. The SMILES string of the molecule is CN=C(NCCn1cccc1)NCc1ccccc1-n1nc(C)cc1C.I. The first-order valence-corrected chi connectivity index (χ1v) is 8.84. The van der Waals surface area contributed by atoms with E-state index in [1.54, 1.807) is 7.05 Å². The average Bonchev–Trinajstić information content (AvgIpc) is 3.27. The van der Waals surface area contributed by atoms with Crippen LogP contribution in [0.2, 0.25) is 0 Å². The summed E-state index contributed by atoms with van der Waals surface area (Å²) in [6.45, 7) is 6.48. The first-order chi connectivity index (χ1) is 12.7. The molecular weight excluding hydrogens is 451 g/mol. The first kappa shape index (κ1) is 21.0. The maximum Gasteiger partial charge on any atom is 0.191 e. The van der Waals surface area contributed by atoms with Crippen molar-refractivity contribution in [3.05, 3.63) is 71.8 Å². The average molecular weight is 478 g/mol. The predicted molar refractivity (Wildman–Crippen MR) is 121 cm³/mol. The van der Waals surface area contributed by atoms with Crippen LogP contribution in [-0.4, -0.2) is 33.9 Å². The van der Waals surface area contributed by atoms with E-state index in [1.807, 2.05) is 29.8 Å². The lowest BCUT2D eigenvalue weighted by Crippen LogP contribution is -2.38. The Kier molecular flexibility index (Phi) is 7.90. The molecule has 27 heavy (non-hydrogen) atoms. The second-order valence-electron chi connectivity index (χ2n) is 6.24. The van der Waals surface area contributed by atoms with Gasteiger partial charge in [-0.1, -0.05) is 18.2 Å². The molecule has 1 aromatic carbocycles. The van der Waals surface area contributed by atoms with E-state index < -0.39 is 0 Å². The second-order valence-corrected chi connectivity index (χ2v) is 6.24. The van der Waals surface area contributed by atoms with E-state index in [4.69, 9.17) is 0 Å². The van der Waals surface area contributed by atoms with Gasteiger partial charge in [0, 0.05) is 44.8 Å². The zero-order chi connectivity index (χ0) is 18.4. The highest BCUT2D eigenvalue weighted by Gasteiger charge is 2.09. The number of para-hydroxylation sites is 1. The van der Waals surface area contributed by atoms with Crippen molar-refractivity contribution in [2.75, 3.05) is 13.6 Å². The summed E-state index contributed by atoms with van der Waals surface area (Å²) in [7, 11) is 1.79. The second kappa shape index (κ2) is 10.1. The number of nitrogens with one attached hydrogen (secondary N) is 2. The molecule has 6 nitrogen and oxygen atoms in total. The number of guanidine groups is 1. The van der Waals surface area contributed by atoms with Gasteiger partial charge >= 0.3 is 0 Å². The molecular formula is C20H27IN6. The highest BCUT2D eigenvalue weighted by atomic mass is 127. The van der Waals surface area contributed by atoms with Crippen LogP contribution in [0.15, 0.2) is 59.9 Å². The van der Waals surface area contributed by atoms with Gasteiger partial charge in [-0.05, 0) is 43.7 Å². The Morgan fingerprint density at radius 1 is 1.07 bits per heavy atom. The largest absolute Gasteiger partial charge is 0.355 e. The van der Waals surface area contributed by atoms with Gasteiger partial charge in [0.2, 0.25) is 0 Å². The molecule has 0 radical (unpaired) electrons. The lowest BCUT2D eigenvalue weighted by atomic mass is 10.1. The van der Waals surface area contributed by atoms with E-state index >= 15 is 0 Å². The summed E-state index contributed by atoms with van der Waals surface area (Å²) in [5.41, 5.74) is 4.41. The minimum atomic E-state index is 0. The molecule has 0 atom stereocenters. The molecule has 0 aliphatic carbocycles. The molecule has 0 amide bonds. The van der Waals surface area contributed by atoms with Gasteiger partial charge in [0.25, 0.3) is 0 Å². The summed E-state index contributed by atoms with van der Waals surface area (Å²) < 4.78 is 4.13. The van der Waals surface area contributed by atoms with E-state index in [1.165, 1.54) is 5.56 Å². The van der Waals surface area contributed by atoms with Crippen molar-refractivity contribution < 1.29 is 0 Å². The molecule has 0 spiro atoms. The summed E-state index contributed by atoms with van der Waals surface area (Å²) in [5.74, 6) is 0.792. The lowest BCUT2D eigenvalue weighted by Gasteiger charge is -2.15. The van der Waals surface area contributed by atoms with E-state index in [0.717, 1.165) is 36.1 Å². The number of aromatic nitrogens is 3. The van der Waals surface area contributed by atoms with Crippen molar-refractivity contribution in [3.63, 3.8) is 0 Å². The third-order valence-corrected chi connectivity index (χ3v) is 4.23. The molecule has 0 saturated heterocycles. The number of rotatable bonds is 6. The van der Waals surface area contributed by atoms with Crippen LogP contribution in [0.1, 0.15) is 17.0 Å². The smallest absolute Gasteiger partial charge is 0.191 e. The minimum Gasteiger partial charge on any atom is -0.355 e. The molecule has 0 fully saturated rings. The van der Waals surface area contributed by atoms with Crippen molar-refractivity contribution in [1.82, 2.24) is 25.0 Å². The molecule has 0 unspecified atom stereocenters. The Morgan fingerprint density at radius 2 is 1.81 bits per heavy atom. The summed E-state index contributed by atoms with van der Waals surface area (Å²) in [6, 6.07) is 14.5. The Bertz CT molecular complexity index is 866. The fraction of sp³-hybridized carbons (Fsp3) is 0.300. The van der Waals surface area contributed by atoms with Crippen LogP contribution in [0.5, 0.6) is 0 Å². The monoisotopic (exact) mass is 478 g/mol. The van der Waals surface area contributed by atoms with E-state index in [9.17, 15) is 0 Å². The van der Waals surface area contributed by atoms with Crippen LogP contribution in [0, 0.1) is 13.8 Å². The fourth-order valence-electron chi connectivity index (χ4n) is 2.96. The van der Waals surface area contributed by atoms with Crippen LogP contribution >= 0.6 is 24.0 Å². The van der Waals surface area contributed by atoms with Crippen molar-refractivity contribution in [2.24, 2.45) is 4.99 Å². The van der Waals surface area contributed by atoms with Crippen LogP contribution in [0.4, 0.5) is 0 Å². The number of aliphatic imine (C=N–C) groups is 1. The highest BCUT2D eigenvalue weighted by Crippen LogP contribution is 2.16. The quantitative estimate of drug-likeness (QED) is 0.325. The van der Waals surface area contributed by atoms with Crippen molar-refractivity contribution in [1.29, 1.82) is 0 Å². The van der Waals surface area contributed by atoms with Gasteiger partial charge in [-0.2, -0.15) is 5.10 Å². The molecule has 2 aromatic heterocycles. The fourth-order valence-corrected chi connectivity index (χ4v) is 2.96. The lowest BCUT2D eigenvalue weighted by molar-refractivity contribution is 0.665. The van der Waals surface area contributed by atoms with Crippen molar-refractivity contribution in [2.45, 2.75) is 26.9 Å². The van der Waals surface area contributed by atoms with Gasteiger partial charge in [0.05, 0.1) is 11.4 Å². The number of hydrogen-bond acceptors (Lipinski definition) is 2. The first-order valence-electron chi connectivity index (χ1n) is 8.84. The normalized spacial score (nSPS) is 11.1. The number of aryl methyl sites for hydroxylation is 2. The van der Waals surface area contributed by atoms with E-state index in [0.29, 0.717) is 6.54 Å². The molecule has 7 heteroatoms. The van der Waals surface area contributed by atoms with Crippen LogP contribution < -0.4 is 10.6 Å². The predicted octanol–water partition coefficient (Wildman–Crippen LogP) is 3.27. The Balaban J connectivity index is 0.00000261. The zero-order valence-electron chi connectivity index (χ0n) is 16.0. The molecule has 0 aliphatic heterocycles. The number of hydrogen-bond donors (Lipinski definition) is 2. The topological polar surface area (TPSA) is 59.2 Å². The summed E-state index contributed by atoms with van der Waals surface area (Å²) in [5, 5.41) is 11.3. The molecule has 0 saturated carbocycles. The van der Waals surface area contributed by atoms with Crippen LogP contribution in [0.25, 0.3) is 5.69 Å². The van der Waals surface area contributed by atoms with Gasteiger partial charge in [0.15, 0.2) is 5.96 Å². The van der Waals surface area contributed by atoms with Gasteiger partial charge in [-0.15, -0.1) is 24.0 Å². The maximum atomic E-state index is 4.61. The minimum absolute atomic E-state index is 0. The Morgan fingerprint density at radius 3 is 2.48 bits per heavy atom. The number of benzene rings is 1. The van der Waals surface area contributed by atoms with E-state index in [2.05, 4.69) is 68.9 Å². The zero-order valence-corrected chi connectivity index (χ0v) is 18.3. The van der Waals surface area contributed by atoms with E-state index in [-0.39, 0.29) is 24.0 Å². The maximum absolute atomic E-state index is 4.61. The third-order valence-electron chi connectivity index (χ3n) is 4.23. The molecule has 3 rings (SSSR count). The number of halogens is 1. The molecule has 2 heterocycles. The molecule has 3 aromatic rings. The van der Waals surface area contributed by atoms with Gasteiger partial charge in [-0.3, -0.25) is 4.99 Å². The summed E-state index contributed by atoms with van der Waals surface area (Å²) >= 11 is 0. The molecule has 0 bridgehead atoms. The summed E-state index contributed by atoms with van der Waals surface area (Å²) in [4.78, 5) is 4.31. The standard InChI is InChI=1S/C20H26N6.HI/c1-16-14-17(2)26(24-16)19-9-5-4-8-18(19)15-23-20(21-3)22-10-13-25-11-6-7-12-25;/h4-9,11-12,14H,10,13,15H2,1-3H3,(H2,21,22,23);1H. The van der Waals surface area contributed by atoms with Crippen LogP contribution in [-0.2, 0) is 13.1 Å². The van der Waals surface area contributed by atoms with Crippen molar-refractivity contribution in [3.8, 4) is 5.69 Å². The van der Waals surface area contributed by atoms with Gasteiger partial charge < -0.3 is 15.2 Å². The van der Waals surface area contributed by atoms with Gasteiger partial charge in [0.1, 0.15) is 0 Å². The Labute approximate surface area is 177 Å². The number of nitrogens with zero attached hydrogens (tertiary/aromatic N) is 4. The third kappa shape index (κ3) is 5.59. The molecule has 144 valence electrons. The summed E-state index contributed by atoms with van der Waals surface area (Å²) in [6.07, 6.45) is 4.12. The van der Waals surface area contributed by atoms with Crippen molar-refractivity contribution >= 4 is 29.9 Å².